The first-order chi connectivity index (χ1) is 11.3. The van der Waals surface area contributed by atoms with Gasteiger partial charge in [0.2, 0.25) is 8.32 Å². The van der Waals surface area contributed by atoms with E-state index < -0.39 is 20.3 Å². The molecule has 0 bridgehead atoms. The average Bonchev–Trinajstić information content (AvgIpc) is 2.53. The highest BCUT2D eigenvalue weighted by molar-refractivity contribution is 6.71. The molecule has 0 aromatic heterocycles. The SMILES string of the molecule is CCCCC(CC)COC(=O)c1ccccc1C(=O)O[Si](C)(C)C. The molecule has 0 amide bonds. The Morgan fingerprint density at radius 1 is 1.04 bits per heavy atom. The Morgan fingerprint density at radius 2 is 1.62 bits per heavy atom. The van der Waals surface area contributed by atoms with Gasteiger partial charge in [0.1, 0.15) is 0 Å². The molecule has 0 heterocycles. The molecule has 1 unspecified atom stereocenters. The summed E-state index contributed by atoms with van der Waals surface area (Å²) in [7, 11) is -2.02. The van der Waals surface area contributed by atoms with Gasteiger partial charge in [0, 0.05) is 0 Å². The standard InChI is InChI=1S/C19H30O4Si/c1-6-8-11-15(7-2)14-22-18(20)16-12-9-10-13-17(16)19(21)23-24(3,4)5/h9-10,12-13,15H,6-8,11,14H2,1-5H3. The molecule has 0 aliphatic rings. The predicted molar refractivity (Wildman–Crippen MR) is 98.8 cm³/mol. The van der Waals surface area contributed by atoms with E-state index in [4.69, 9.17) is 9.16 Å². The first-order valence-electron chi connectivity index (χ1n) is 8.78. The minimum absolute atomic E-state index is 0.283. The lowest BCUT2D eigenvalue weighted by Gasteiger charge is -2.19. The summed E-state index contributed by atoms with van der Waals surface area (Å²) in [5.74, 6) is -0.525. The lowest BCUT2D eigenvalue weighted by atomic mass is 10.0. The second-order valence-electron chi connectivity index (χ2n) is 7.06. The maximum Gasteiger partial charge on any atom is 0.339 e. The van der Waals surface area contributed by atoms with E-state index in [1.807, 2.05) is 19.6 Å². The van der Waals surface area contributed by atoms with Crippen LogP contribution in [0.4, 0.5) is 0 Å². The molecule has 134 valence electrons. The number of hydrogen-bond acceptors (Lipinski definition) is 4. The molecule has 0 N–H and O–H groups in total. The Balaban J connectivity index is 2.79. The minimum Gasteiger partial charge on any atom is -0.516 e. The van der Waals surface area contributed by atoms with E-state index in [9.17, 15) is 9.59 Å². The zero-order chi connectivity index (χ0) is 18.2. The molecule has 1 atom stereocenters. The topological polar surface area (TPSA) is 52.6 Å². The highest BCUT2D eigenvalue weighted by Crippen LogP contribution is 2.17. The van der Waals surface area contributed by atoms with Crippen LogP contribution >= 0.6 is 0 Å². The zero-order valence-electron chi connectivity index (χ0n) is 15.6. The lowest BCUT2D eigenvalue weighted by Crippen LogP contribution is -2.30. The molecule has 0 saturated carbocycles. The molecule has 1 aromatic rings. The third-order valence-electron chi connectivity index (χ3n) is 3.76. The fourth-order valence-electron chi connectivity index (χ4n) is 2.34. The molecule has 4 nitrogen and oxygen atoms in total. The normalized spacial score (nSPS) is 12.5. The third kappa shape index (κ3) is 6.87. The van der Waals surface area contributed by atoms with Crippen molar-refractivity contribution in [1.29, 1.82) is 0 Å². The molecule has 5 heteroatoms. The second-order valence-corrected chi connectivity index (χ2v) is 11.5. The number of benzene rings is 1. The molecule has 0 fully saturated rings. The Bertz CT molecular complexity index is 549. The first kappa shape index (κ1) is 20.4. The van der Waals surface area contributed by atoms with Crippen molar-refractivity contribution in [2.75, 3.05) is 6.61 Å². The summed E-state index contributed by atoms with van der Waals surface area (Å²) < 4.78 is 11.0. The molecule has 0 spiro atoms. The monoisotopic (exact) mass is 350 g/mol. The van der Waals surface area contributed by atoms with E-state index in [0.29, 0.717) is 12.5 Å². The van der Waals surface area contributed by atoms with Crippen LogP contribution < -0.4 is 0 Å². The van der Waals surface area contributed by atoms with Gasteiger partial charge in [0.25, 0.3) is 0 Å². The molecule has 1 aromatic carbocycles. The third-order valence-corrected chi connectivity index (χ3v) is 4.56. The number of rotatable bonds is 9. The molecule has 0 saturated heterocycles. The summed E-state index contributed by atoms with van der Waals surface area (Å²) in [5.41, 5.74) is 0.567. The van der Waals surface area contributed by atoms with Gasteiger partial charge in [-0.25, -0.2) is 9.59 Å². The smallest absolute Gasteiger partial charge is 0.339 e. The van der Waals surface area contributed by atoms with Crippen molar-refractivity contribution in [2.24, 2.45) is 5.92 Å². The van der Waals surface area contributed by atoms with Gasteiger partial charge < -0.3 is 9.16 Å². The largest absolute Gasteiger partial charge is 0.516 e. The highest BCUT2D eigenvalue weighted by Gasteiger charge is 2.25. The van der Waals surface area contributed by atoms with E-state index in [0.717, 1.165) is 25.7 Å². The number of carbonyl (C=O) groups excluding carboxylic acids is 2. The van der Waals surface area contributed by atoms with Gasteiger partial charge in [-0.3, -0.25) is 0 Å². The van der Waals surface area contributed by atoms with Crippen LogP contribution in [0.1, 0.15) is 60.2 Å². The van der Waals surface area contributed by atoms with E-state index in [2.05, 4.69) is 13.8 Å². The Morgan fingerprint density at radius 3 is 2.12 bits per heavy atom. The van der Waals surface area contributed by atoms with Crippen molar-refractivity contribution in [3.05, 3.63) is 35.4 Å². The molecule has 0 aliphatic carbocycles. The van der Waals surface area contributed by atoms with Crippen LogP contribution in [0.3, 0.4) is 0 Å². The van der Waals surface area contributed by atoms with Crippen molar-refractivity contribution in [3.8, 4) is 0 Å². The zero-order valence-corrected chi connectivity index (χ0v) is 16.6. The molecule has 1 rings (SSSR count). The van der Waals surface area contributed by atoms with Crippen molar-refractivity contribution in [3.63, 3.8) is 0 Å². The van der Waals surface area contributed by atoms with Crippen molar-refractivity contribution >= 4 is 20.3 Å². The summed E-state index contributed by atoms with van der Waals surface area (Å²) in [4.78, 5) is 24.7. The Kier molecular flexibility index (Phi) is 8.18. The molecular formula is C19H30O4Si. The maximum atomic E-state index is 12.4. The van der Waals surface area contributed by atoms with Crippen LogP contribution in [0.15, 0.2) is 24.3 Å². The predicted octanol–water partition coefficient (Wildman–Crippen LogP) is 5.05. The number of esters is 1. The van der Waals surface area contributed by atoms with Gasteiger partial charge in [-0.15, -0.1) is 0 Å². The van der Waals surface area contributed by atoms with Crippen molar-refractivity contribution in [2.45, 2.75) is 59.2 Å². The molecule has 0 aliphatic heterocycles. The Hall–Kier alpha value is -1.62. The lowest BCUT2D eigenvalue weighted by molar-refractivity contribution is 0.0421. The van der Waals surface area contributed by atoms with E-state index in [1.54, 1.807) is 24.3 Å². The first-order valence-corrected chi connectivity index (χ1v) is 12.2. The molecular weight excluding hydrogens is 320 g/mol. The Labute approximate surface area is 146 Å². The molecule has 0 radical (unpaired) electrons. The number of hydrogen-bond donors (Lipinski definition) is 0. The highest BCUT2D eigenvalue weighted by atomic mass is 28.4. The fraction of sp³-hybridized carbons (Fsp3) is 0.579. The molecule has 24 heavy (non-hydrogen) atoms. The van der Waals surface area contributed by atoms with Crippen LogP contribution in [-0.2, 0) is 9.16 Å². The number of carbonyl (C=O) groups is 2. The van der Waals surface area contributed by atoms with E-state index in [1.165, 1.54) is 0 Å². The summed E-state index contributed by atoms with van der Waals surface area (Å²) in [6, 6.07) is 6.70. The summed E-state index contributed by atoms with van der Waals surface area (Å²) in [6.07, 6.45) is 4.30. The van der Waals surface area contributed by atoms with Crippen LogP contribution in [0, 0.1) is 5.92 Å². The van der Waals surface area contributed by atoms with E-state index in [-0.39, 0.29) is 11.1 Å². The van der Waals surface area contributed by atoms with Crippen LogP contribution in [-0.4, -0.2) is 26.9 Å². The average molecular weight is 351 g/mol. The van der Waals surface area contributed by atoms with Gasteiger partial charge in [0.15, 0.2) is 0 Å². The summed E-state index contributed by atoms with van der Waals surface area (Å²) in [6.45, 7) is 10.5. The summed E-state index contributed by atoms with van der Waals surface area (Å²) >= 11 is 0. The van der Waals surface area contributed by atoms with Gasteiger partial charge in [-0.2, -0.15) is 0 Å². The van der Waals surface area contributed by atoms with Crippen molar-refractivity contribution in [1.82, 2.24) is 0 Å². The fourth-order valence-corrected chi connectivity index (χ4v) is 3.01. The van der Waals surface area contributed by atoms with Gasteiger partial charge in [-0.1, -0.05) is 45.2 Å². The maximum absolute atomic E-state index is 12.4. The van der Waals surface area contributed by atoms with E-state index >= 15 is 0 Å². The van der Waals surface area contributed by atoms with Crippen molar-refractivity contribution < 1.29 is 18.8 Å². The van der Waals surface area contributed by atoms with Crippen LogP contribution in [0.5, 0.6) is 0 Å². The van der Waals surface area contributed by atoms with Crippen LogP contribution in [0.25, 0.3) is 0 Å². The second kappa shape index (κ2) is 9.62. The van der Waals surface area contributed by atoms with Crippen LogP contribution in [0.2, 0.25) is 19.6 Å². The minimum atomic E-state index is -2.02. The summed E-state index contributed by atoms with van der Waals surface area (Å²) in [5, 5.41) is 0. The quantitative estimate of drug-likeness (QED) is 0.462. The van der Waals surface area contributed by atoms with Gasteiger partial charge in [-0.05, 0) is 44.1 Å². The number of ether oxygens (including phenoxy) is 1. The van der Waals surface area contributed by atoms with Gasteiger partial charge in [0.05, 0.1) is 17.7 Å². The number of unbranched alkanes of at least 4 members (excludes halogenated alkanes) is 1. The van der Waals surface area contributed by atoms with Gasteiger partial charge >= 0.3 is 11.9 Å².